The first-order valence-corrected chi connectivity index (χ1v) is 10.7. The fraction of sp³-hybridized carbons (Fsp3) is 0.217. The molecular formula is C23H21NO6S. The summed E-state index contributed by atoms with van der Waals surface area (Å²) in [5.41, 5.74) is 0.880. The Morgan fingerprint density at radius 2 is 1.84 bits per heavy atom. The van der Waals surface area contributed by atoms with Gasteiger partial charge in [0.05, 0.1) is 6.61 Å². The Hall–Kier alpha value is -3.52. The number of ether oxygens (including phenoxy) is 4. The molecule has 0 bridgehead atoms. The maximum atomic E-state index is 12.7. The molecule has 3 aromatic rings. The van der Waals surface area contributed by atoms with Gasteiger partial charge in [-0.05, 0) is 31.2 Å². The van der Waals surface area contributed by atoms with Crippen LogP contribution in [0.1, 0.15) is 28.9 Å². The molecule has 1 atom stereocenters. The molecule has 1 aliphatic rings. The Kier molecular flexibility index (Phi) is 6.37. The number of nitrogens with one attached hydrogen (secondary N) is 1. The number of anilines is 1. The molecule has 0 radical (unpaired) electrons. The summed E-state index contributed by atoms with van der Waals surface area (Å²) in [6.07, 6.45) is -0.503. The SMILES string of the molecule is CCOC(=O)c1c(C2COc3ccccc3O2)csc1NC(=O)COc1ccccc1. The van der Waals surface area contributed by atoms with E-state index in [9.17, 15) is 9.59 Å². The molecule has 1 aromatic heterocycles. The molecule has 1 amide bonds. The largest absolute Gasteiger partial charge is 0.485 e. The number of benzene rings is 2. The first-order valence-electron chi connectivity index (χ1n) is 9.80. The van der Waals surface area contributed by atoms with E-state index in [1.165, 1.54) is 11.3 Å². The monoisotopic (exact) mass is 439 g/mol. The third-order valence-corrected chi connectivity index (χ3v) is 5.43. The predicted octanol–water partition coefficient (Wildman–Crippen LogP) is 4.45. The normalized spacial score (nSPS) is 14.5. The lowest BCUT2D eigenvalue weighted by Gasteiger charge is -2.26. The minimum Gasteiger partial charge on any atom is -0.485 e. The van der Waals surface area contributed by atoms with Crippen molar-refractivity contribution in [1.29, 1.82) is 0 Å². The summed E-state index contributed by atoms with van der Waals surface area (Å²) in [5, 5.41) is 4.92. The van der Waals surface area contributed by atoms with Crippen molar-refractivity contribution >= 4 is 28.2 Å². The smallest absolute Gasteiger partial charge is 0.341 e. The van der Waals surface area contributed by atoms with Gasteiger partial charge in [-0.2, -0.15) is 0 Å². The molecule has 2 aromatic carbocycles. The highest BCUT2D eigenvalue weighted by Gasteiger charge is 2.31. The number of esters is 1. The molecule has 8 heteroatoms. The Morgan fingerprint density at radius 3 is 2.61 bits per heavy atom. The molecule has 7 nitrogen and oxygen atoms in total. The topological polar surface area (TPSA) is 83.1 Å². The molecule has 0 saturated carbocycles. The Morgan fingerprint density at radius 1 is 1.10 bits per heavy atom. The second-order valence-electron chi connectivity index (χ2n) is 6.63. The van der Waals surface area contributed by atoms with E-state index >= 15 is 0 Å². The first kappa shape index (κ1) is 20.7. The van der Waals surface area contributed by atoms with Crippen LogP contribution < -0.4 is 19.5 Å². The van der Waals surface area contributed by atoms with E-state index in [1.807, 2.05) is 42.5 Å². The van der Waals surface area contributed by atoms with Crippen LogP contribution in [-0.2, 0) is 9.53 Å². The summed E-state index contributed by atoms with van der Waals surface area (Å²) < 4.78 is 22.5. The summed E-state index contributed by atoms with van der Waals surface area (Å²) in [6.45, 7) is 2.00. The van der Waals surface area contributed by atoms with Gasteiger partial charge in [0.25, 0.3) is 5.91 Å². The number of para-hydroxylation sites is 3. The summed E-state index contributed by atoms with van der Waals surface area (Å²) in [4.78, 5) is 25.1. The molecular weight excluding hydrogens is 418 g/mol. The zero-order valence-corrected chi connectivity index (χ0v) is 17.6. The molecule has 1 aliphatic heterocycles. The third kappa shape index (κ3) is 4.80. The van der Waals surface area contributed by atoms with Crippen molar-refractivity contribution in [3.8, 4) is 17.2 Å². The molecule has 4 rings (SSSR count). The molecule has 0 aliphatic carbocycles. The number of fused-ring (bicyclic) bond motifs is 1. The van der Waals surface area contributed by atoms with Crippen molar-refractivity contribution in [2.75, 3.05) is 25.1 Å². The highest BCUT2D eigenvalue weighted by molar-refractivity contribution is 7.15. The number of hydrogen-bond acceptors (Lipinski definition) is 7. The maximum Gasteiger partial charge on any atom is 0.341 e. The number of rotatable bonds is 7. The average Bonchev–Trinajstić information content (AvgIpc) is 3.21. The molecule has 0 fully saturated rings. The molecule has 1 N–H and O–H groups in total. The molecule has 2 heterocycles. The van der Waals surface area contributed by atoms with Gasteiger partial charge in [0.15, 0.2) is 24.2 Å². The lowest BCUT2D eigenvalue weighted by Crippen LogP contribution is -2.24. The standard InChI is InChI=1S/C23H21NO6S/c1-2-27-23(26)21-16(19-12-29-17-10-6-7-11-18(17)30-19)14-31-22(21)24-20(25)13-28-15-8-4-3-5-9-15/h3-11,14,19H,2,12-13H2,1H3,(H,24,25). The van der Waals surface area contributed by atoms with E-state index in [0.29, 0.717) is 27.8 Å². The van der Waals surface area contributed by atoms with Gasteiger partial charge in [-0.1, -0.05) is 30.3 Å². The van der Waals surface area contributed by atoms with Gasteiger partial charge in [0.1, 0.15) is 22.9 Å². The van der Waals surface area contributed by atoms with Crippen molar-refractivity contribution < 1.29 is 28.5 Å². The summed E-state index contributed by atoms with van der Waals surface area (Å²) in [5.74, 6) is 0.927. The van der Waals surface area contributed by atoms with Crippen molar-refractivity contribution in [1.82, 2.24) is 0 Å². The zero-order chi connectivity index (χ0) is 21.6. The zero-order valence-electron chi connectivity index (χ0n) is 16.8. The number of carbonyl (C=O) groups is 2. The molecule has 31 heavy (non-hydrogen) atoms. The summed E-state index contributed by atoms with van der Waals surface area (Å²) in [6, 6.07) is 16.4. The molecule has 0 spiro atoms. The van der Waals surface area contributed by atoms with Gasteiger partial charge < -0.3 is 24.3 Å². The molecule has 160 valence electrons. The van der Waals surface area contributed by atoms with Crippen LogP contribution in [0.25, 0.3) is 0 Å². The van der Waals surface area contributed by atoms with E-state index in [4.69, 9.17) is 18.9 Å². The van der Waals surface area contributed by atoms with Crippen LogP contribution in [0.4, 0.5) is 5.00 Å². The van der Waals surface area contributed by atoms with E-state index in [1.54, 1.807) is 24.4 Å². The van der Waals surface area contributed by atoms with Gasteiger partial charge >= 0.3 is 5.97 Å². The van der Waals surface area contributed by atoms with E-state index in [2.05, 4.69) is 5.32 Å². The van der Waals surface area contributed by atoms with Crippen LogP contribution in [0.5, 0.6) is 17.2 Å². The Bertz CT molecular complexity index is 1060. The average molecular weight is 439 g/mol. The lowest BCUT2D eigenvalue weighted by atomic mass is 10.1. The van der Waals surface area contributed by atoms with Gasteiger partial charge in [0, 0.05) is 10.9 Å². The van der Waals surface area contributed by atoms with Crippen molar-refractivity contribution in [3.63, 3.8) is 0 Å². The lowest BCUT2D eigenvalue weighted by molar-refractivity contribution is -0.118. The number of thiophene rings is 1. The maximum absolute atomic E-state index is 12.7. The van der Waals surface area contributed by atoms with Crippen LogP contribution in [0.2, 0.25) is 0 Å². The van der Waals surface area contributed by atoms with Crippen molar-refractivity contribution in [3.05, 3.63) is 71.1 Å². The number of hydrogen-bond donors (Lipinski definition) is 1. The minimum atomic E-state index is -0.527. The molecule has 1 unspecified atom stereocenters. The van der Waals surface area contributed by atoms with E-state index in [-0.39, 0.29) is 31.3 Å². The third-order valence-electron chi connectivity index (χ3n) is 4.52. The second kappa shape index (κ2) is 9.53. The first-order chi connectivity index (χ1) is 15.2. The van der Waals surface area contributed by atoms with Gasteiger partial charge in [-0.25, -0.2) is 4.79 Å². The fourth-order valence-electron chi connectivity index (χ4n) is 3.12. The fourth-order valence-corrected chi connectivity index (χ4v) is 4.12. The van der Waals surface area contributed by atoms with Gasteiger partial charge in [-0.3, -0.25) is 4.79 Å². The van der Waals surface area contributed by atoms with Crippen molar-refractivity contribution in [2.24, 2.45) is 0 Å². The predicted molar refractivity (Wildman–Crippen MR) is 116 cm³/mol. The van der Waals surface area contributed by atoms with Crippen LogP contribution in [0.15, 0.2) is 60.0 Å². The molecule has 0 saturated heterocycles. The van der Waals surface area contributed by atoms with E-state index in [0.717, 1.165) is 0 Å². The van der Waals surface area contributed by atoms with Crippen LogP contribution >= 0.6 is 11.3 Å². The highest BCUT2D eigenvalue weighted by atomic mass is 32.1. The summed E-state index contributed by atoms with van der Waals surface area (Å²) in [7, 11) is 0. The minimum absolute atomic E-state index is 0.185. The van der Waals surface area contributed by atoms with Crippen molar-refractivity contribution in [2.45, 2.75) is 13.0 Å². The number of carbonyl (C=O) groups excluding carboxylic acids is 2. The van der Waals surface area contributed by atoms with E-state index < -0.39 is 12.1 Å². The van der Waals surface area contributed by atoms with Crippen LogP contribution in [-0.4, -0.2) is 31.7 Å². The highest BCUT2D eigenvalue weighted by Crippen LogP contribution is 2.40. The number of amides is 1. The van der Waals surface area contributed by atoms with Gasteiger partial charge in [0.2, 0.25) is 0 Å². The van der Waals surface area contributed by atoms with Crippen LogP contribution in [0.3, 0.4) is 0 Å². The second-order valence-corrected chi connectivity index (χ2v) is 7.51. The quantitative estimate of drug-likeness (QED) is 0.548. The summed E-state index contributed by atoms with van der Waals surface area (Å²) >= 11 is 1.23. The Balaban J connectivity index is 1.52. The van der Waals surface area contributed by atoms with Gasteiger partial charge in [-0.15, -0.1) is 11.3 Å². The van der Waals surface area contributed by atoms with Crippen LogP contribution in [0, 0.1) is 0 Å². The Labute approximate surface area is 183 Å².